The lowest BCUT2D eigenvalue weighted by molar-refractivity contribution is -0.116. The number of hydrogen-bond acceptors (Lipinski definition) is 7. The number of nitrogens with zero attached hydrogens (tertiary/aromatic N) is 2. The Morgan fingerprint density at radius 2 is 1.78 bits per heavy atom. The molecule has 216 valence electrons. The number of anilines is 1. The number of likely N-dealkylation sites (tertiary alicyclic amines) is 1. The summed E-state index contributed by atoms with van der Waals surface area (Å²) in [6.45, 7) is 4.37. The number of carbonyl (C=O) groups is 1. The number of rotatable bonds is 11. The molecule has 4 aromatic rings. The number of aromatic nitrogens is 1. The zero-order valence-corrected chi connectivity index (χ0v) is 25.6. The van der Waals surface area contributed by atoms with Gasteiger partial charge in [-0.2, -0.15) is 0 Å². The van der Waals surface area contributed by atoms with Gasteiger partial charge in [0.1, 0.15) is 9.96 Å². The average Bonchev–Trinajstić information content (AvgIpc) is 3.39. The molecule has 1 aliphatic heterocycles. The fourth-order valence-electron chi connectivity index (χ4n) is 5.15. The topological polar surface area (TPSA) is 88.5 Å². The van der Waals surface area contributed by atoms with Crippen LogP contribution in [-0.4, -0.2) is 55.6 Å². The van der Waals surface area contributed by atoms with Crippen LogP contribution in [0.25, 0.3) is 16.5 Å². The number of carbonyl (C=O) groups excluding carboxylic acids is 1. The lowest BCUT2D eigenvalue weighted by Gasteiger charge is -2.26. The average molecular weight is 633 g/mol. The molecule has 0 atom stereocenters. The van der Waals surface area contributed by atoms with E-state index in [0.29, 0.717) is 21.0 Å². The highest BCUT2D eigenvalue weighted by Crippen LogP contribution is 2.27. The van der Waals surface area contributed by atoms with Crippen LogP contribution in [-0.2, 0) is 21.1 Å². The van der Waals surface area contributed by atoms with Crippen molar-refractivity contribution in [1.82, 2.24) is 9.47 Å². The Balaban J connectivity index is 1.24. The van der Waals surface area contributed by atoms with Gasteiger partial charge in [-0.15, -0.1) is 11.3 Å². The highest BCUT2D eigenvalue weighted by Gasteiger charge is 2.22. The SMILES string of the molecule is O=C(Cc1ccc(-n2ccc3cc(NCCCN4CCCCC4)ccc3c2=O)c(Cl)c1)CS(=O)(=O)c1ccc(Cl)s1. The highest BCUT2D eigenvalue weighted by atomic mass is 35.5. The first-order valence-electron chi connectivity index (χ1n) is 13.6. The number of sulfone groups is 1. The lowest BCUT2D eigenvalue weighted by atomic mass is 10.1. The second-order valence-corrected chi connectivity index (χ2v) is 14.6. The largest absolute Gasteiger partial charge is 0.385 e. The quantitative estimate of drug-likeness (QED) is 0.197. The fraction of sp³-hybridized carbons (Fsp3) is 0.333. The first-order valence-corrected chi connectivity index (χ1v) is 16.8. The summed E-state index contributed by atoms with van der Waals surface area (Å²) in [6, 6.07) is 15.4. The van der Waals surface area contributed by atoms with Crippen LogP contribution < -0.4 is 10.9 Å². The van der Waals surface area contributed by atoms with E-state index in [1.165, 1.54) is 49.1 Å². The van der Waals surface area contributed by atoms with E-state index in [4.69, 9.17) is 23.2 Å². The van der Waals surface area contributed by atoms with Crippen molar-refractivity contribution < 1.29 is 13.2 Å². The first kappa shape index (κ1) is 29.8. The van der Waals surface area contributed by atoms with E-state index in [2.05, 4.69) is 10.2 Å². The number of piperidine rings is 1. The second-order valence-electron chi connectivity index (χ2n) is 10.3. The van der Waals surface area contributed by atoms with Crippen molar-refractivity contribution in [3.8, 4) is 5.69 Å². The Hall–Kier alpha value is -2.69. The molecule has 5 rings (SSSR count). The van der Waals surface area contributed by atoms with Gasteiger partial charge in [-0.1, -0.05) is 35.7 Å². The molecular formula is C30H31Cl2N3O4S2. The van der Waals surface area contributed by atoms with Crippen molar-refractivity contribution in [3.05, 3.63) is 86.1 Å². The molecule has 0 saturated carbocycles. The Morgan fingerprint density at radius 1 is 0.976 bits per heavy atom. The number of nitrogens with one attached hydrogen (secondary N) is 1. The van der Waals surface area contributed by atoms with Gasteiger partial charge in [-0.05, 0) is 98.4 Å². The molecule has 0 spiro atoms. The summed E-state index contributed by atoms with van der Waals surface area (Å²) in [5.74, 6) is -1.08. The molecule has 0 unspecified atom stereocenters. The zero-order valence-electron chi connectivity index (χ0n) is 22.4. The van der Waals surface area contributed by atoms with E-state index in [-0.39, 0.29) is 21.2 Å². The molecule has 11 heteroatoms. The number of halogens is 2. The van der Waals surface area contributed by atoms with Gasteiger partial charge >= 0.3 is 0 Å². The van der Waals surface area contributed by atoms with E-state index in [1.807, 2.05) is 24.3 Å². The van der Waals surface area contributed by atoms with Gasteiger partial charge in [-0.25, -0.2) is 8.42 Å². The van der Waals surface area contributed by atoms with Crippen LogP contribution in [0.2, 0.25) is 9.36 Å². The molecule has 1 N–H and O–H groups in total. The standard InChI is InChI=1S/C30H31Cl2N3O4S2/c31-26-18-21(17-24(36)20-41(38,39)29-10-9-28(32)40-29)5-8-27(26)35-16-11-22-19-23(6-7-25(22)30(35)37)33-12-4-15-34-13-2-1-3-14-34/h5-11,16,18-19,33H,1-4,12-15,17,20H2. The Labute approximate surface area is 253 Å². The summed E-state index contributed by atoms with van der Waals surface area (Å²) in [4.78, 5) is 28.4. The van der Waals surface area contributed by atoms with Gasteiger partial charge in [0.25, 0.3) is 5.56 Å². The van der Waals surface area contributed by atoms with Crippen molar-refractivity contribution in [3.63, 3.8) is 0 Å². The number of ketones is 1. The monoisotopic (exact) mass is 631 g/mol. The maximum absolute atomic E-state index is 13.3. The van der Waals surface area contributed by atoms with Gasteiger partial charge < -0.3 is 10.2 Å². The van der Waals surface area contributed by atoms with Crippen LogP contribution in [0.4, 0.5) is 5.69 Å². The van der Waals surface area contributed by atoms with Gasteiger partial charge in [0.05, 0.1) is 15.0 Å². The van der Waals surface area contributed by atoms with E-state index in [9.17, 15) is 18.0 Å². The number of pyridine rings is 1. The van der Waals surface area contributed by atoms with Gasteiger partial charge in [-0.3, -0.25) is 14.2 Å². The number of hydrogen-bond donors (Lipinski definition) is 1. The summed E-state index contributed by atoms with van der Waals surface area (Å²) in [7, 11) is -3.76. The summed E-state index contributed by atoms with van der Waals surface area (Å²) < 4.78 is 26.9. The molecule has 0 aliphatic carbocycles. The third kappa shape index (κ3) is 7.40. The van der Waals surface area contributed by atoms with Crippen LogP contribution in [0, 0.1) is 0 Å². The van der Waals surface area contributed by atoms with E-state index >= 15 is 0 Å². The number of Topliss-reactive ketones (excluding diaryl/α,β-unsaturated/α-hetero) is 1. The van der Waals surface area contributed by atoms with E-state index < -0.39 is 21.4 Å². The van der Waals surface area contributed by atoms with Crippen LogP contribution in [0.15, 0.2) is 69.8 Å². The van der Waals surface area contributed by atoms with Crippen LogP contribution >= 0.6 is 34.5 Å². The molecule has 0 bridgehead atoms. The molecule has 1 aliphatic rings. The normalized spacial score (nSPS) is 14.4. The maximum Gasteiger partial charge on any atom is 0.262 e. The van der Waals surface area contributed by atoms with Gasteiger partial charge in [0, 0.05) is 30.2 Å². The van der Waals surface area contributed by atoms with E-state index in [0.717, 1.165) is 41.9 Å². The Bertz CT molecular complexity index is 1730. The molecule has 0 radical (unpaired) electrons. The molecule has 3 heterocycles. The van der Waals surface area contributed by atoms with Crippen molar-refractivity contribution in [1.29, 1.82) is 0 Å². The minimum absolute atomic E-state index is 0.0654. The molecular weight excluding hydrogens is 601 g/mol. The minimum Gasteiger partial charge on any atom is -0.385 e. The van der Waals surface area contributed by atoms with Crippen LogP contribution in [0.5, 0.6) is 0 Å². The fourth-order valence-corrected chi connectivity index (χ4v) is 8.25. The van der Waals surface area contributed by atoms with Crippen LogP contribution in [0.3, 0.4) is 0 Å². The molecule has 2 aromatic carbocycles. The number of thiophene rings is 1. The van der Waals surface area contributed by atoms with Gasteiger partial charge in [0.15, 0.2) is 15.6 Å². The Kier molecular flexibility index (Phi) is 9.51. The molecule has 7 nitrogen and oxygen atoms in total. The lowest BCUT2D eigenvalue weighted by Crippen LogP contribution is -2.31. The molecule has 0 amide bonds. The van der Waals surface area contributed by atoms with Gasteiger partial charge in [0.2, 0.25) is 0 Å². The number of fused-ring (bicyclic) bond motifs is 1. The third-order valence-corrected chi connectivity index (χ3v) is 11.0. The molecule has 41 heavy (non-hydrogen) atoms. The minimum atomic E-state index is -3.76. The van der Waals surface area contributed by atoms with Crippen molar-refractivity contribution >= 4 is 66.6 Å². The predicted octanol–water partition coefficient (Wildman–Crippen LogP) is 6.23. The summed E-state index contributed by atoms with van der Waals surface area (Å²) in [5, 5.41) is 5.16. The maximum atomic E-state index is 13.3. The summed E-state index contributed by atoms with van der Waals surface area (Å²) >= 11 is 13.3. The summed E-state index contributed by atoms with van der Waals surface area (Å²) in [5.41, 5.74) is 1.82. The van der Waals surface area contributed by atoms with Crippen molar-refractivity contribution in [2.75, 3.05) is 37.2 Å². The third-order valence-electron chi connectivity index (χ3n) is 7.21. The summed E-state index contributed by atoms with van der Waals surface area (Å²) in [6.07, 6.45) is 6.59. The second kappa shape index (κ2) is 13.1. The smallest absolute Gasteiger partial charge is 0.262 e. The van der Waals surface area contributed by atoms with Crippen molar-refractivity contribution in [2.24, 2.45) is 0 Å². The van der Waals surface area contributed by atoms with Crippen molar-refractivity contribution in [2.45, 2.75) is 36.3 Å². The van der Waals surface area contributed by atoms with Crippen LogP contribution in [0.1, 0.15) is 31.2 Å². The molecule has 2 aromatic heterocycles. The molecule has 1 fully saturated rings. The predicted molar refractivity (Wildman–Crippen MR) is 168 cm³/mol. The highest BCUT2D eigenvalue weighted by molar-refractivity contribution is 7.94. The zero-order chi connectivity index (χ0) is 29.0. The Morgan fingerprint density at radius 3 is 2.51 bits per heavy atom. The molecule has 1 saturated heterocycles. The van der Waals surface area contributed by atoms with E-state index in [1.54, 1.807) is 24.4 Å². The number of benzene rings is 2. The first-order chi connectivity index (χ1) is 19.7.